The molecular weight excluding hydrogens is 299 g/mol. The van der Waals surface area contributed by atoms with E-state index in [9.17, 15) is 22.8 Å². The van der Waals surface area contributed by atoms with Gasteiger partial charge in [-0.1, -0.05) is 6.92 Å². The van der Waals surface area contributed by atoms with Crippen molar-refractivity contribution >= 4 is 11.9 Å². The Morgan fingerprint density at radius 1 is 1.09 bits per heavy atom. The highest BCUT2D eigenvalue weighted by Crippen LogP contribution is 2.17. The molecule has 0 aliphatic heterocycles. The van der Waals surface area contributed by atoms with Gasteiger partial charge in [0.15, 0.2) is 17.5 Å². The Labute approximate surface area is 126 Å². The first-order chi connectivity index (χ1) is 10.4. The quantitative estimate of drug-likeness (QED) is 0.574. The van der Waals surface area contributed by atoms with Crippen LogP contribution in [-0.4, -0.2) is 36.5 Å². The summed E-state index contributed by atoms with van der Waals surface area (Å²) in [6.45, 7) is 3.95. The van der Waals surface area contributed by atoms with Gasteiger partial charge in [0.2, 0.25) is 0 Å². The molecule has 0 aliphatic rings. The van der Waals surface area contributed by atoms with Crippen LogP contribution in [0.2, 0.25) is 0 Å². The second-order valence-electron chi connectivity index (χ2n) is 4.57. The predicted octanol–water partition coefficient (Wildman–Crippen LogP) is 2.91. The second-order valence-corrected chi connectivity index (χ2v) is 4.57. The van der Waals surface area contributed by atoms with Crippen molar-refractivity contribution in [3.05, 3.63) is 35.1 Å². The van der Waals surface area contributed by atoms with Crippen molar-refractivity contribution in [3.8, 4) is 0 Å². The highest BCUT2D eigenvalue weighted by atomic mass is 19.2. The normalized spacial score (nSPS) is 10.4. The summed E-state index contributed by atoms with van der Waals surface area (Å²) in [6, 6.07) is 1.59. The number of carbonyl (C=O) groups excluding carboxylic acids is 2. The number of nitrogens with zero attached hydrogens (tertiary/aromatic N) is 1. The zero-order chi connectivity index (χ0) is 16.7. The van der Waals surface area contributed by atoms with E-state index in [-0.39, 0.29) is 26.1 Å². The maximum atomic E-state index is 13.7. The Morgan fingerprint density at radius 3 is 2.36 bits per heavy atom. The van der Waals surface area contributed by atoms with Gasteiger partial charge in [-0.2, -0.15) is 0 Å². The van der Waals surface area contributed by atoms with E-state index in [2.05, 4.69) is 0 Å². The van der Waals surface area contributed by atoms with Gasteiger partial charge in [-0.25, -0.2) is 13.2 Å². The molecule has 0 aromatic heterocycles. The summed E-state index contributed by atoms with van der Waals surface area (Å²) in [5.41, 5.74) is -0.559. The largest absolute Gasteiger partial charge is 0.466 e. The lowest BCUT2D eigenvalue weighted by atomic mass is 10.1. The van der Waals surface area contributed by atoms with Crippen LogP contribution < -0.4 is 0 Å². The number of benzene rings is 1. The number of hydrogen-bond acceptors (Lipinski definition) is 3. The minimum Gasteiger partial charge on any atom is -0.466 e. The molecule has 1 rings (SSSR count). The first-order valence-corrected chi connectivity index (χ1v) is 7.00. The average molecular weight is 317 g/mol. The molecule has 0 aliphatic carbocycles. The molecule has 0 fully saturated rings. The lowest BCUT2D eigenvalue weighted by molar-refractivity contribution is -0.143. The Balaban J connectivity index is 2.89. The van der Waals surface area contributed by atoms with E-state index in [0.717, 1.165) is 6.07 Å². The summed E-state index contributed by atoms with van der Waals surface area (Å²) in [5.74, 6) is -5.85. The van der Waals surface area contributed by atoms with Gasteiger partial charge < -0.3 is 9.64 Å². The van der Waals surface area contributed by atoms with Crippen molar-refractivity contribution in [1.82, 2.24) is 4.90 Å². The van der Waals surface area contributed by atoms with E-state index in [1.165, 1.54) is 4.90 Å². The molecule has 0 spiro atoms. The monoisotopic (exact) mass is 317 g/mol. The molecule has 0 saturated carbocycles. The fourth-order valence-electron chi connectivity index (χ4n) is 1.91. The molecule has 4 nitrogen and oxygen atoms in total. The van der Waals surface area contributed by atoms with Crippen LogP contribution in [-0.2, 0) is 9.53 Å². The average Bonchev–Trinajstić information content (AvgIpc) is 2.49. The van der Waals surface area contributed by atoms with Crippen LogP contribution in [0.4, 0.5) is 13.2 Å². The topological polar surface area (TPSA) is 46.6 Å². The molecule has 7 heteroatoms. The van der Waals surface area contributed by atoms with E-state index in [1.54, 1.807) is 13.8 Å². The van der Waals surface area contributed by atoms with Gasteiger partial charge in [0, 0.05) is 13.1 Å². The maximum Gasteiger partial charge on any atom is 0.307 e. The van der Waals surface area contributed by atoms with Gasteiger partial charge in [-0.15, -0.1) is 0 Å². The molecule has 122 valence electrons. The van der Waals surface area contributed by atoms with Crippen molar-refractivity contribution in [2.75, 3.05) is 19.7 Å². The number of carbonyl (C=O) groups is 2. The number of ether oxygens (including phenoxy) is 1. The van der Waals surface area contributed by atoms with Crippen molar-refractivity contribution < 1.29 is 27.5 Å². The van der Waals surface area contributed by atoms with Crippen LogP contribution in [0.1, 0.15) is 37.0 Å². The fourth-order valence-corrected chi connectivity index (χ4v) is 1.91. The van der Waals surface area contributed by atoms with Crippen LogP contribution in [0.25, 0.3) is 0 Å². The highest BCUT2D eigenvalue weighted by molar-refractivity contribution is 5.94. The molecule has 0 unspecified atom stereocenters. The van der Waals surface area contributed by atoms with Crippen molar-refractivity contribution in [3.63, 3.8) is 0 Å². The fraction of sp³-hybridized carbons (Fsp3) is 0.467. The number of amides is 1. The van der Waals surface area contributed by atoms with Gasteiger partial charge in [0.25, 0.3) is 5.91 Å². The van der Waals surface area contributed by atoms with E-state index in [0.29, 0.717) is 12.5 Å². The lowest BCUT2D eigenvalue weighted by Crippen LogP contribution is -2.34. The highest BCUT2D eigenvalue weighted by Gasteiger charge is 2.23. The van der Waals surface area contributed by atoms with Crippen molar-refractivity contribution in [1.29, 1.82) is 0 Å². The summed E-state index contributed by atoms with van der Waals surface area (Å²) in [4.78, 5) is 24.8. The zero-order valence-corrected chi connectivity index (χ0v) is 12.5. The van der Waals surface area contributed by atoms with Crippen LogP contribution in [0, 0.1) is 17.5 Å². The number of hydrogen-bond donors (Lipinski definition) is 0. The summed E-state index contributed by atoms with van der Waals surface area (Å²) < 4.78 is 44.6. The Hall–Kier alpha value is -2.05. The van der Waals surface area contributed by atoms with Gasteiger partial charge in [0.1, 0.15) is 0 Å². The molecule has 0 saturated heterocycles. The van der Waals surface area contributed by atoms with Crippen molar-refractivity contribution in [2.24, 2.45) is 0 Å². The molecule has 1 aromatic rings. The summed E-state index contributed by atoms with van der Waals surface area (Å²) >= 11 is 0. The summed E-state index contributed by atoms with van der Waals surface area (Å²) in [7, 11) is 0. The lowest BCUT2D eigenvalue weighted by Gasteiger charge is -2.22. The van der Waals surface area contributed by atoms with Crippen LogP contribution in [0.3, 0.4) is 0 Å². The van der Waals surface area contributed by atoms with E-state index in [1.807, 2.05) is 0 Å². The Bertz CT molecular complexity index is 549. The van der Waals surface area contributed by atoms with Gasteiger partial charge in [0.05, 0.1) is 18.6 Å². The number of rotatable bonds is 7. The number of halogens is 3. The minimum atomic E-state index is -1.69. The van der Waals surface area contributed by atoms with E-state index in [4.69, 9.17) is 4.74 Å². The first-order valence-electron chi connectivity index (χ1n) is 7.00. The third-order valence-corrected chi connectivity index (χ3v) is 2.94. The standard InChI is InChI=1S/C15H18F3NO3/c1-3-8-19(9-7-12(20)22-4-2)15(21)10-5-6-11(16)14(18)13(10)17/h5-6H,3-4,7-9H2,1-2H3. The first kappa shape index (κ1) is 18.0. The third kappa shape index (κ3) is 4.47. The van der Waals surface area contributed by atoms with Gasteiger partial charge in [-0.3, -0.25) is 9.59 Å². The van der Waals surface area contributed by atoms with Gasteiger partial charge >= 0.3 is 5.97 Å². The number of esters is 1. The maximum absolute atomic E-state index is 13.7. The zero-order valence-electron chi connectivity index (χ0n) is 12.5. The Morgan fingerprint density at radius 2 is 1.77 bits per heavy atom. The van der Waals surface area contributed by atoms with E-state index >= 15 is 0 Å². The third-order valence-electron chi connectivity index (χ3n) is 2.94. The SMILES string of the molecule is CCCN(CCC(=O)OCC)C(=O)c1ccc(F)c(F)c1F. The van der Waals surface area contributed by atoms with Gasteiger partial charge in [-0.05, 0) is 25.5 Å². The molecule has 0 radical (unpaired) electrons. The smallest absolute Gasteiger partial charge is 0.307 e. The second kappa shape index (κ2) is 8.41. The minimum absolute atomic E-state index is 0.0178. The molecular formula is C15H18F3NO3. The predicted molar refractivity (Wildman–Crippen MR) is 73.8 cm³/mol. The molecule has 22 heavy (non-hydrogen) atoms. The molecule has 1 amide bonds. The Kier molecular flexibility index (Phi) is 6.88. The molecule has 0 heterocycles. The van der Waals surface area contributed by atoms with Crippen molar-refractivity contribution in [2.45, 2.75) is 26.7 Å². The van der Waals surface area contributed by atoms with Crippen LogP contribution in [0.5, 0.6) is 0 Å². The van der Waals surface area contributed by atoms with Crippen LogP contribution in [0.15, 0.2) is 12.1 Å². The molecule has 0 atom stereocenters. The van der Waals surface area contributed by atoms with Crippen LogP contribution >= 0.6 is 0 Å². The van der Waals surface area contributed by atoms with E-state index < -0.39 is 34.9 Å². The molecule has 0 bridgehead atoms. The summed E-state index contributed by atoms with van der Waals surface area (Å²) in [5, 5.41) is 0. The summed E-state index contributed by atoms with van der Waals surface area (Å²) in [6.07, 6.45) is 0.519. The molecule has 1 aromatic carbocycles. The molecule has 0 N–H and O–H groups in total.